The first-order valence-corrected chi connectivity index (χ1v) is 8.18. The number of nitrogens with one attached hydrogen (secondary N) is 1. The highest BCUT2D eigenvalue weighted by Gasteiger charge is 2.39. The van der Waals surface area contributed by atoms with Crippen LogP contribution in [-0.4, -0.2) is 45.7 Å². The van der Waals surface area contributed by atoms with Crippen LogP contribution in [0.4, 0.5) is 0 Å². The lowest BCUT2D eigenvalue weighted by atomic mass is 10.1. The summed E-state index contributed by atoms with van der Waals surface area (Å²) in [6, 6.07) is 15.4. The highest BCUT2D eigenvalue weighted by atomic mass is 16.5. The summed E-state index contributed by atoms with van der Waals surface area (Å²) in [7, 11) is 0. The van der Waals surface area contributed by atoms with Crippen molar-refractivity contribution in [3.63, 3.8) is 0 Å². The van der Waals surface area contributed by atoms with Crippen molar-refractivity contribution in [1.29, 1.82) is 0 Å². The number of hydrogen-bond donors (Lipinski definition) is 3. The van der Waals surface area contributed by atoms with Gasteiger partial charge in [-0.05, 0) is 36.4 Å². The fourth-order valence-corrected chi connectivity index (χ4v) is 2.89. The van der Waals surface area contributed by atoms with Gasteiger partial charge in [0, 0.05) is 29.7 Å². The molecule has 1 heterocycles. The van der Waals surface area contributed by atoms with Crippen LogP contribution in [0.5, 0.6) is 0 Å². The molecule has 2 aromatic carbocycles. The predicted octanol–water partition coefficient (Wildman–Crippen LogP) is 1.17. The third kappa shape index (κ3) is 3.91. The molecule has 132 valence electrons. The minimum atomic E-state index is -0.889. The molecule has 2 atom stereocenters. The summed E-state index contributed by atoms with van der Waals surface area (Å²) in [6.45, 7) is 0.0481. The van der Waals surface area contributed by atoms with E-state index >= 15 is 0 Å². The molecule has 2 aromatic rings. The zero-order valence-electron chi connectivity index (χ0n) is 13.9. The molecule has 0 unspecified atom stereocenters. The lowest BCUT2D eigenvalue weighted by Gasteiger charge is -2.22. The Kier molecular flexibility index (Phi) is 5.32. The molecule has 0 radical (unpaired) electrons. The number of aliphatic hydroxyl groups is 1. The van der Waals surface area contributed by atoms with Crippen LogP contribution in [0.1, 0.15) is 27.9 Å². The summed E-state index contributed by atoms with van der Waals surface area (Å²) >= 11 is 0. The number of carbonyl (C=O) groups is 2. The van der Waals surface area contributed by atoms with Gasteiger partial charge >= 0.3 is 0 Å². The molecule has 6 nitrogen and oxygen atoms in total. The first kappa shape index (κ1) is 17.7. The predicted molar refractivity (Wildman–Crippen MR) is 94.2 cm³/mol. The van der Waals surface area contributed by atoms with Gasteiger partial charge in [-0.1, -0.05) is 30.0 Å². The number of carbonyl (C=O) groups excluding carboxylic acids is 2. The largest absolute Gasteiger partial charge is 0.391 e. The SMILES string of the molecule is O=C(NO)[C@@H]1C[C@H](O)CN1C(=O)c1ccc(C#Cc2ccccc2)cc1. The van der Waals surface area contributed by atoms with Crippen molar-refractivity contribution in [3.05, 3.63) is 71.3 Å². The highest BCUT2D eigenvalue weighted by Crippen LogP contribution is 2.21. The van der Waals surface area contributed by atoms with E-state index < -0.39 is 18.1 Å². The minimum Gasteiger partial charge on any atom is -0.391 e. The van der Waals surface area contributed by atoms with E-state index in [9.17, 15) is 14.7 Å². The van der Waals surface area contributed by atoms with Crippen LogP contribution in [0.2, 0.25) is 0 Å². The van der Waals surface area contributed by atoms with Crippen LogP contribution in [0.15, 0.2) is 54.6 Å². The molecule has 1 fully saturated rings. The van der Waals surface area contributed by atoms with Gasteiger partial charge < -0.3 is 10.0 Å². The third-order valence-corrected chi connectivity index (χ3v) is 4.21. The molecule has 26 heavy (non-hydrogen) atoms. The van der Waals surface area contributed by atoms with E-state index in [2.05, 4.69) is 11.8 Å². The van der Waals surface area contributed by atoms with Crippen molar-refractivity contribution in [1.82, 2.24) is 10.4 Å². The van der Waals surface area contributed by atoms with Crippen LogP contribution >= 0.6 is 0 Å². The van der Waals surface area contributed by atoms with Crippen LogP contribution in [0.25, 0.3) is 0 Å². The van der Waals surface area contributed by atoms with Crippen molar-refractivity contribution >= 4 is 11.8 Å². The highest BCUT2D eigenvalue weighted by molar-refractivity contribution is 5.98. The van der Waals surface area contributed by atoms with E-state index in [-0.39, 0.29) is 18.9 Å². The molecule has 1 aliphatic rings. The second-order valence-electron chi connectivity index (χ2n) is 6.03. The van der Waals surface area contributed by atoms with Gasteiger partial charge in [0.05, 0.1) is 6.10 Å². The number of likely N-dealkylation sites (tertiary alicyclic amines) is 1. The average Bonchev–Trinajstić information content (AvgIpc) is 3.08. The van der Waals surface area contributed by atoms with Crippen molar-refractivity contribution in [2.24, 2.45) is 0 Å². The Hall–Kier alpha value is -3.14. The van der Waals surface area contributed by atoms with Gasteiger partial charge in [-0.15, -0.1) is 0 Å². The van der Waals surface area contributed by atoms with Gasteiger partial charge in [-0.3, -0.25) is 14.8 Å². The molecule has 0 spiro atoms. The Labute approximate surface area is 151 Å². The van der Waals surface area contributed by atoms with E-state index in [1.807, 2.05) is 30.3 Å². The Balaban J connectivity index is 1.75. The second-order valence-corrected chi connectivity index (χ2v) is 6.03. The van der Waals surface area contributed by atoms with Gasteiger partial charge in [0.15, 0.2) is 0 Å². The molecule has 0 aromatic heterocycles. The van der Waals surface area contributed by atoms with Crippen LogP contribution in [0, 0.1) is 11.8 Å². The number of aliphatic hydroxyl groups excluding tert-OH is 1. The first-order valence-electron chi connectivity index (χ1n) is 8.18. The number of hydrogen-bond acceptors (Lipinski definition) is 4. The lowest BCUT2D eigenvalue weighted by molar-refractivity contribution is -0.133. The lowest BCUT2D eigenvalue weighted by Crippen LogP contribution is -2.45. The van der Waals surface area contributed by atoms with E-state index in [4.69, 9.17) is 5.21 Å². The third-order valence-electron chi connectivity index (χ3n) is 4.21. The van der Waals surface area contributed by atoms with Crippen molar-refractivity contribution < 1.29 is 19.9 Å². The standard InChI is InChI=1S/C20H18N2O4/c23-17-12-18(19(24)21-26)22(13-17)20(25)16-10-8-15(9-11-16)7-6-14-4-2-1-3-5-14/h1-5,8-11,17-18,23,26H,12-13H2,(H,21,24)/t17-,18-/m0/s1. The van der Waals surface area contributed by atoms with Gasteiger partial charge in [0.1, 0.15) is 6.04 Å². The molecule has 0 saturated carbocycles. The second kappa shape index (κ2) is 7.83. The molecule has 6 heteroatoms. The molecular weight excluding hydrogens is 332 g/mol. The van der Waals surface area contributed by atoms with Crippen molar-refractivity contribution in [2.75, 3.05) is 6.54 Å². The number of nitrogens with zero attached hydrogens (tertiary/aromatic N) is 1. The van der Waals surface area contributed by atoms with E-state index in [1.165, 1.54) is 4.90 Å². The van der Waals surface area contributed by atoms with E-state index in [0.29, 0.717) is 5.56 Å². The van der Waals surface area contributed by atoms with Crippen LogP contribution in [-0.2, 0) is 4.79 Å². The number of β-amino-alcohol motifs (C(OH)–C–C–N with tert-alkyl or cyclic N) is 1. The van der Waals surface area contributed by atoms with E-state index in [0.717, 1.165) is 11.1 Å². The fraction of sp³-hybridized carbons (Fsp3) is 0.200. The fourth-order valence-electron chi connectivity index (χ4n) is 2.89. The number of benzene rings is 2. The quantitative estimate of drug-likeness (QED) is 0.431. The van der Waals surface area contributed by atoms with Gasteiger partial charge in [-0.2, -0.15) is 0 Å². The molecular formula is C20H18N2O4. The number of amides is 2. The summed E-state index contributed by atoms with van der Waals surface area (Å²) in [5.41, 5.74) is 3.59. The zero-order valence-corrected chi connectivity index (χ0v) is 13.9. The molecule has 1 aliphatic heterocycles. The van der Waals surface area contributed by atoms with Gasteiger partial charge in [0.25, 0.3) is 11.8 Å². The molecule has 0 aliphatic carbocycles. The molecule has 3 rings (SSSR count). The van der Waals surface area contributed by atoms with Gasteiger partial charge in [0.2, 0.25) is 0 Å². The average molecular weight is 350 g/mol. The van der Waals surface area contributed by atoms with Crippen molar-refractivity contribution in [2.45, 2.75) is 18.6 Å². The maximum absolute atomic E-state index is 12.6. The Morgan fingerprint density at radius 3 is 2.23 bits per heavy atom. The smallest absolute Gasteiger partial charge is 0.266 e. The molecule has 3 N–H and O–H groups in total. The first-order chi connectivity index (χ1) is 12.6. The summed E-state index contributed by atoms with van der Waals surface area (Å²) in [5.74, 6) is 4.98. The summed E-state index contributed by atoms with van der Waals surface area (Å²) in [5, 5.41) is 18.6. The van der Waals surface area contributed by atoms with Gasteiger partial charge in [-0.25, -0.2) is 5.48 Å². The van der Waals surface area contributed by atoms with Crippen LogP contribution < -0.4 is 5.48 Å². The minimum absolute atomic E-state index is 0.0481. The normalized spacial score (nSPS) is 18.8. The maximum atomic E-state index is 12.6. The summed E-state index contributed by atoms with van der Waals surface area (Å²) in [4.78, 5) is 25.6. The Morgan fingerprint density at radius 2 is 1.62 bits per heavy atom. The molecule has 1 saturated heterocycles. The monoisotopic (exact) mass is 350 g/mol. The topological polar surface area (TPSA) is 89.9 Å². The summed E-state index contributed by atoms with van der Waals surface area (Å²) in [6.07, 6.45) is -0.698. The maximum Gasteiger partial charge on any atom is 0.266 e. The van der Waals surface area contributed by atoms with Crippen molar-refractivity contribution in [3.8, 4) is 11.8 Å². The molecule has 0 bridgehead atoms. The van der Waals surface area contributed by atoms with Crippen LogP contribution in [0.3, 0.4) is 0 Å². The summed E-state index contributed by atoms with van der Waals surface area (Å²) < 4.78 is 0. The Bertz CT molecular complexity index is 853. The zero-order chi connectivity index (χ0) is 18.5. The van der Waals surface area contributed by atoms with E-state index in [1.54, 1.807) is 29.7 Å². The Morgan fingerprint density at radius 1 is 1.00 bits per heavy atom. The molecule has 2 amide bonds. The number of hydroxylamine groups is 1. The number of rotatable bonds is 2.